The van der Waals surface area contributed by atoms with Crippen molar-refractivity contribution in [1.29, 1.82) is 0 Å². The second kappa shape index (κ2) is 21.6. The van der Waals surface area contributed by atoms with E-state index in [1.54, 1.807) is 61.2 Å². The van der Waals surface area contributed by atoms with Crippen LogP contribution in [0.5, 0.6) is 17.2 Å². The maximum Gasteiger partial charge on any atom is 0.329 e. The molecule has 3 N–H and O–H groups in total. The predicted molar refractivity (Wildman–Crippen MR) is 273 cm³/mol. The lowest BCUT2D eigenvalue weighted by Crippen LogP contribution is -2.59. The summed E-state index contributed by atoms with van der Waals surface area (Å²) < 4.78 is 28.8. The Labute approximate surface area is 434 Å². The molecule has 5 aromatic rings. The average Bonchev–Trinajstić information content (AvgIpc) is 4.12. The highest BCUT2D eigenvalue weighted by Crippen LogP contribution is 2.66. The fraction of sp³-hybridized carbons (Fsp3) is 0.362. The van der Waals surface area contributed by atoms with Crippen LogP contribution in [0.1, 0.15) is 71.8 Å². The van der Waals surface area contributed by atoms with Gasteiger partial charge in [0.15, 0.2) is 11.5 Å². The van der Waals surface area contributed by atoms with E-state index in [1.807, 2.05) is 83.8 Å². The van der Waals surface area contributed by atoms with Crippen LogP contribution in [0.2, 0.25) is 0 Å². The first-order valence-corrected chi connectivity index (χ1v) is 25.3. The lowest BCUT2D eigenvalue weighted by atomic mass is 9.64. The lowest BCUT2D eigenvalue weighted by Gasteiger charge is -2.46. The fourth-order valence-corrected chi connectivity index (χ4v) is 11.5. The van der Waals surface area contributed by atoms with Crippen molar-refractivity contribution in [1.82, 2.24) is 20.0 Å². The van der Waals surface area contributed by atoms with Gasteiger partial charge >= 0.3 is 18.0 Å². The van der Waals surface area contributed by atoms with Crippen LogP contribution in [-0.4, -0.2) is 127 Å². The van der Waals surface area contributed by atoms with Crippen molar-refractivity contribution in [2.45, 2.75) is 62.5 Å². The quantitative estimate of drug-likeness (QED) is 0.0997. The molecule has 17 heteroatoms. The molecule has 7 atom stereocenters. The second-order valence-electron chi connectivity index (χ2n) is 19.5. The summed E-state index contributed by atoms with van der Waals surface area (Å²) in [4.78, 5) is 84.2. The van der Waals surface area contributed by atoms with E-state index >= 15 is 19.2 Å². The van der Waals surface area contributed by atoms with Gasteiger partial charge < -0.3 is 44.1 Å². The summed E-state index contributed by atoms with van der Waals surface area (Å²) in [5.74, 6) is 3.10. The average molecular weight is 1020 g/mol. The first-order valence-electron chi connectivity index (χ1n) is 25.3. The largest absolute Gasteiger partial charge is 0.491 e. The zero-order valence-corrected chi connectivity index (χ0v) is 41.9. The van der Waals surface area contributed by atoms with Crippen molar-refractivity contribution >= 4 is 35.5 Å². The minimum atomic E-state index is -2.09. The SMILES string of the molecule is COC(=O)[C@@H](NC(=O)N1C(=O)[C@@]2(c3cc(C#CCCO)ccc31)[C@H](c1ccc(OCCO)cc1)N1[C@H](c3ccccc3)[C@H](c3ccccc3)OC(=O)[C@H]1[C@@H]2C(=O)N1CCN(Cc2ccc3c(c2)OCO3)CC1)C(C)C. The fourth-order valence-electron chi connectivity index (χ4n) is 11.5. The topological polar surface area (TPSA) is 197 Å². The summed E-state index contributed by atoms with van der Waals surface area (Å²) in [6.07, 6.45) is -0.800. The van der Waals surface area contributed by atoms with Crippen molar-refractivity contribution in [3.8, 4) is 29.1 Å². The van der Waals surface area contributed by atoms with Gasteiger partial charge in [-0.25, -0.2) is 14.5 Å². The molecule has 0 saturated carbocycles. The van der Waals surface area contributed by atoms with Crippen molar-refractivity contribution in [2.75, 3.05) is 64.8 Å². The van der Waals surface area contributed by atoms with Crippen molar-refractivity contribution in [2.24, 2.45) is 11.8 Å². The number of imide groups is 1. The molecule has 5 aliphatic heterocycles. The van der Waals surface area contributed by atoms with E-state index in [2.05, 4.69) is 22.1 Å². The molecule has 388 valence electrons. The molecule has 0 unspecified atom stereocenters. The Hall–Kier alpha value is -7.75. The van der Waals surface area contributed by atoms with Gasteiger partial charge in [-0.1, -0.05) is 105 Å². The molecule has 0 aliphatic carbocycles. The zero-order chi connectivity index (χ0) is 52.4. The molecule has 5 aliphatic rings. The molecule has 4 amide bonds. The molecule has 5 aromatic carbocycles. The zero-order valence-electron chi connectivity index (χ0n) is 41.9. The molecule has 1 spiro atoms. The molecule has 3 fully saturated rings. The molecular formula is C58H59N5O12. The number of carbonyl (C=O) groups excluding carboxylic acids is 5. The van der Waals surface area contributed by atoms with Crippen molar-refractivity contribution in [3.05, 3.63) is 155 Å². The number of amides is 4. The number of esters is 2. The highest BCUT2D eigenvalue weighted by molar-refractivity contribution is 6.25. The van der Waals surface area contributed by atoms with E-state index in [0.29, 0.717) is 53.6 Å². The maximum absolute atomic E-state index is 16.8. The van der Waals surface area contributed by atoms with E-state index in [-0.39, 0.29) is 57.4 Å². The number of carbonyl (C=O) groups is 5. The van der Waals surface area contributed by atoms with Crippen molar-refractivity contribution < 1.29 is 57.9 Å². The van der Waals surface area contributed by atoms with E-state index in [4.69, 9.17) is 23.7 Å². The Morgan fingerprint density at radius 1 is 0.800 bits per heavy atom. The van der Waals surface area contributed by atoms with Gasteiger partial charge in [0.1, 0.15) is 36.0 Å². The van der Waals surface area contributed by atoms with E-state index in [1.165, 1.54) is 7.11 Å². The smallest absolute Gasteiger partial charge is 0.329 e. The summed E-state index contributed by atoms with van der Waals surface area (Å²) in [5, 5.41) is 22.2. The molecule has 10 rings (SSSR count). The van der Waals surface area contributed by atoms with Crippen LogP contribution in [0.15, 0.2) is 121 Å². The summed E-state index contributed by atoms with van der Waals surface area (Å²) in [5.41, 5.74) is 1.64. The Balaban J connectivity index is 1.19. The maximum atomic E-state index is 16.8. The standard InChI is InChI=1S/C58H59N5O12/c1-36(2)48(54(67)71-3)59-57(70)62-44-23-17-37(12-10-11-29-64)32-43(44)58(56(62)69)47(53(66)61-27-25-60(26-28-61)34-38-18-24-45-46(33-38)74-35-73-45)50-55(68)75-51(40-15-8-5-9-16-40)49(39-13-6-4-7-14-39)63(50)52(58)41-19-21-42(22-20-41)72-31-30-65/h4-9,13-24,32-33,36,47-52,64-65H,11,25-31,34-35H2,1-3H3,(H,59,70)/t47-,48+,49-,50-,51+,52+,58-/m1/s1. The minimum Gasteiger partial charge on any atom is -0.491 e. The van der Waals surface area contributed by atoms with Gasteiger partial charge in [-0.3, -0.25) is 24.2 Å². The van der Waals surface area contributed by atoms with Gasteiger partial charge in [0, 0.05) is 44.7 Å². The predicted octanol–water partition coefficient (Wildman–Crippen LogP) is 5.44. The molecule has 0 aromatic heterocycles. The summed E-state index contributed by atoms with van der Waals surface area (Å²) in [6.45, 7) is 5.15. The molecule has 0 radical (unpaired) electrons. The highest BCUT2D eigenvalue weighted by Gasteiger charge is 2.76. The number of urea groups is 1. The number of nitrogens with one attached hydrogen (secondary N) is 1. The van der Waals surface area contributed by atoms with Gasteiger partial charge in [0.25, 0.3) is 0 Å². The number of ether oxygens (including phenoxy) is 5. The number of methoxy groups -OCH3 is 1. The van der Waals surface area contributed by atoms with Gasteiger partial charge in [-0.05, 0) is 76.2 Å². The van der Waals surface area contributed by atoms with Gasteiger partial charge in [0.05, 0.1) is 44.0 Å². The Kier molecular flexibility index (Phi) is 14.6. The van der Waals surface area contributed by atoms with Crippen LogP contribution < -0.4 is 24.4 Å². The normalized spacial score (nSPS) is 23.3. The van der Waals surface area contributed by atoms with Crippen LogP contribution in [0.25, 0.3) is 0 Å². The third kappa shape index (κ3) is 9.33. The summed E-state index contributed by atoms with van der Waals surface area (Å²) in [7, 11) is 1.21. The number of fused-ring (bicyclic) bond motifs is 4. The Bertz CT molecular complexity index is 3010. The molecule has 3 saturated heterocycles. The van der Waals surface area contributed by atoms with Gasteiger partial charge in [-0.2, -0.15) is 0 Å². The van der Waals surface area contributed by atoms with Gasteiger partial charge in [0.2, 0.25) is 18.6 Å². The molecular weight excluding hydrogens is 959 g/mol. The number of hydrogen-bond donors (Lipinski definition) is 3. The van der Waals surface area contributed by atoms with Crippen LogP contribution in [0, 0.1) is 23.7 Å². The monoisotopic (exact) mass is 1020 g/mol. The molecule has 0 bridgehead atoms. The number of cyclic esters (lactones) is 1. The van der Waals surface area contributed by atoms with E-state index in [0.717, 1.165) is 16.0 Å². The number of nitrogens with zero attached hydrogens (tertiary/aromatic N) is 4. The first kappa shape index (κ1) is 50.8. The number of hydrogen-bond acceptors (Lipinski definition) is 14. The van der Waals surface area contributed by atoms with Crippen LogP contribution in [0.3, 0.4) is 0 Å². The molecule has 17 nitrogen and oxygen atoms in total. The third-order valence-corrected chi connectivity index (χ3v) is 14.9. The van der Waals surface area contributed by atoms with Crippen LogP contribution in [0.4, 0.5) is 10.5 Å². The Morgan fingerprint density at radius 2 is 1.51 bits per heavy atom. The number of piperazine rings is 1. The number of rotatable bonds is 13. The van der Waals surface area contributed by atoms with Crippen molar-refractivity contribution in [3.63, 3.8) is 0 Å². The Morgan fingerprint density at radius 3 is 2.19 bits per heavy atom. The summed E-state index contributed by atoms with van der Waals surface area (Å²) >= 11 is 0. The first-order chi connectivity index (χ1) is 36.5. The van der Waals surface area contributed by atoms with Gasteiger partial charge in [-0.15, -0.1) is 0 Å². The van der Waals surface area contributed by atoms with E-state index < -0.39 is 77.3 Å². The number of aliphatic hydroxyl groups excluding tert-OH is 2. The summed E-state index contributed by atoms with van der Waals surface area (Å²) in [6, 6.07) is 31.0. The highest BCUT2D eigenvalue weighted by atomic mass is 16.7. The number of anilines is 1. The van der Waals surface area contributed by atoms with Crippen LogP contribution >= 0.6 is 0 Å². The molecule has 75 heavy (non-hydrogen) atoms. The third-order valence-electron chi connectivity index (χ3n) is 14.9. The number of morpholine rings is 1. The van der Waals surface area contributed by atoms with Crippen LogP contribution in [-0.2, 0) is 40.6 Å². The minimum absolute atomic E-state index is 0.0150. The lowest BCUT2D eigenvalue weighted by molar-refractivity contribution is -0.179. The number of aliphatic hydroxyl groups is 2. The number of benzene rings is 5. The second-order valence-corrected chi connectivity index (χ2v) is 19.5. The molecule has 5 heterocycles. The van der Waals surface area contributed by atoms with E-state index in [9.17, 15) is 15.0 Å².